The molecular weight excluding hydrogens is 536 g/mol. The molecule has 2 aliphatic heterocycles. The molecular formula is C30H52O11. The molecule has 0 aromatic rings. The average molecular weight is 589 g/mol. The van der Waals surface area contributed by atoms with Crippen molar-refractivity contribution >= 4 is 5.78 Å². The monoisotopic (exact) mass is 588 g/mol. The molecule has 41 heavy (non-hydrogen) atoms. The lowest BCUT2D eigenvalue weighted by molar-refractivity contribution is -0.355. The van der Waals surface area contributed by atoms with Crippen LogP contribution in [0.2, 0.25) is 0 Å². The van der Waals surface area contributed by atoms with Crippen LogP contribution in [0.1, 0.15) is 84.0 Å². The summed E-state index contributed by atoms with van der Waals surface area (Å²) in [6, 6.07) is 0. The van der Waals surface area contributed by atoms with Crippen molar-refractivity contribution < 1.29 is 54.4 Å². The Hall–Kier alpha value is -0.730. The summed E-state index contributed by atoms with van der Waals surface area (Å²) in [5, 5.41) is 61.8. The third-order valence-electron chi connectivity index (χ3n) is 9.89. The summed E-state index contributed by atoms with van der Waals surface area (Å²) in [6.07, 6.45) is 0.975. The summed E-state index contributed by atoms with van der Waals surface area (Å²) in [5.41, 5.74) is 0. The van der Waals surface area contributed by atoms with Gasteiger partial charge in [0.15, 0.2) is 12.6 Å². The van der Waals surface area contributed by atoms with Gasteiger partial charge in [0.2, 0.25) is 0 Å². The van der Waals surface area contributed by atoms with Gasteiger partial charge in [-0.1, -0.05) is 45.4 Å². The molecule has 0 aromatic heterocycles. The largest absolute Gasteiger partial charge is 0.394 e. The van der Waals surface area contributed by atoms with Crippen molar-refractivity contribution in [1.29, 1.82) is 0 Å². The Morgan fingerprint density at radius 1 is 0.756 bits per heavy atom. The fraction of sp³-hybridized carbons (Fsp3) is 0.967. The first-order chi connectivity index (χ1) is 19.8. The van der Waals surface area contributed by atoms with Crippen LogP contribution in [0.25, 0.3) is 0 Å². The molecule has 4 unspecified atom stereocenters. The van der Waals surface area contributed by atoms with E-state index in [0.29, 0.717) is 30.5 Å². The number of ketones is 1. The zero-order chi connectivity index (χ0) is 29.5. The number of aliphatic hydroxyl groups is 6. The lowest BCUT2D eigenvalue weighted by atomic mass is 9.67. The number of rotatable bonds is 12. The summed E-state index contributed by atoms with van der Waals surface area (Å²) in [4.78, 5) is 13.5. The number of ether oxygens (including phenoxy) is 4. The number of Topliss-reactive ketones (excluding diaryl/α,β-unsaturated/α-hetero) is 1. The molecule has 4 aliphatic rings. The van der Waals surface area contributed by atoms with E-state index >= 15 is 0 Å². The molecule has 2 saturated carbocycles. The SMILES string of the molecule is C[C@H]1C(CO)O[C@@H](O[C@H]2C(CO)O[C@H](OCCCC(=O)C(C3CCCCC3)C3CCCCC3)[C@H](O)C2O)[C@H](O)C1O. The van der Waals surface area contributed by atoms with Crippen LogP contribution in [0.3, 0.4) is 0 Å². The van der Waals surface area contributed by atoms with Crippen LogP contribution < -0.4 is 0 Å². The molecule has 2 saturated heterocycles. The highest BCUT2D eigenvalue weighted by Gasteiger charge is 2.50. The molecule has 11 nitrogen and oxygen atoms in total. The highest BCUT2D eigenvalue weighted by atomic mass is 16.7. The van der Waals surface area contributed by atoms with Gasteiger partial charge in [-0.25, -0.2) is 0 Å². The minimum atomic E-state index is -1.56. The lowest BCUT2D eigenvalue weighted by Crippen LogP contribution is -2.63. The fourth-order valence-electron chi connectivity index (χ4n) is 7.41. The van der Waals surface area contributed by atoms with Crippen LogP contribution in [-0.2, 0) is 23.7 Å². The maximum atomic E-state index is 13.5. The van der Waals surface area contributed by atoms with Crippen molar-refractivity contribution in [1.82, 2.24) is 0 Å². The van der Waals surface area contributed by atoms with Gasteiger partial charge >= 0.3 is 0 Å². The summed E-state index contributed by atoms with van der Waals surface area (Å²) < 4.78 is 22.7. The Labute approximate surface area is 243 Å². The first kappa shape index (κ1) is 33.2. The number of hydrogen-bond acceptors (Lipinski definition) is 11. The molecule has 4 fully saturated rings. The molecule has 0 amide bonds. The van der Waals surface area contributed by atoms with E-state index in [-0.39, 0.29) is 12.5 Å². The van der Waals surface area contributed by atoms with Gasteiger partial charge in [-0.3, -0.25) is 4.79 Å². The number of carbonyl (C=O) groups excluding carboxylic acids is 1. The van der Waals surface area contributed by atoms with Crippen LogP contribution in [0.5, 0.6) is 0 Å². The molecule has 0 radical (unpaired) electrons. The smallest absolute Gasteiger partial charge is 0.187 e. The molecule has 0 bridgehead atoms. The standard InChI is InChI=1S/C30H52O11/c1-17-21(15-31)39-30(26(36)24(17)34)41-28-22(16-32)40-29(27(37)25(28)35)38-14-8-13-20(33)23(18-9-4-2-5-10-18)19-11-6-3-7-12-19/h17-19,21-32,34-37H,2-16H2,1H3/t17-,21?,22?,24?,25?,26+,27+,28-,29-,30-/m0/s1. The van der Waals surface area contributed by atoms with Gasteiger partial charge in [-0.15, -0.1) is 0 Å². The van der Waals surface area contributed by atoms with Gasteiger partial charge in [0.25, 0.3) is 0 Å². The Kier molecular flexibility index (Phi) is 12.8. The lowest BCUT2D eigenvalue weighted by Gasteiger charge is -2.46. The van der Waals surface area contributed by atoms with Gasteiger partial charge in [0.05, 0.1) is 32.0 Å². The molecule has 6 N–H and O–H groups in total. The van der Waals surface area contributed by atoms with E-state index < -0.39 is 74.4 Å². The maximum absolute atomic E-state index is 13.5. The van der Waals surface area contributed by atoms with Crippen LogP contribution in [0.4, 0.5) is 0 Å². The Morgan fingerprint density at radius 3 is 1.85 bits per heavy atom. The molecule has 0 spiro atoms. The van der Waals surface area contributed by atoms with E-state index in [9.17, 15) is 35.4 Å². The topological polar surface area (TPSA) is 175 Å². The molecule has 4 rings (SSSR count). The van der Waals surface area contributed by atoms with Gasteiger partial charge in [0.1, 0.15) is 36.3 Å². The van der Waals surface area contributed by atoms with E-state index in [0.717, 1.165) is 25.7 Å². The predicted octanol–water partition coefficient (Wildman–Crippen LogP) is 1.03. The van der Waals surface area contributed by atoms with Crippen molar-refractivity contribution in [2.75, 3.05) is 19.8 Å². The summed E-state index contributed by atoms with van der Waals surface area (Å²) in [6.45, 7) is 0.758. The first-order valence-corrected chi connectivity index (χ1v) is 15.8. The molecule has 238 valence electrons. The van der Waals surface area contributed by atoms with Crippen LogP contribution in [0.15, 0.2) is 0 Å². The number of hydrogen-bond donors (Lipinski definition) is 6. The van der Waals surface area contributed by atoms with Crippen molar-refractivity contribution in [3.8, 4) is 0 Å². The van der Waals surface area contributed by atoms with Gasteiger partial charge in [0, 0.05) is 18.3 Å². The summed E-state index contributed by atoms with van der Waals surface area (Å²) >= 11 is 0. The normalized spacial score (nSPS) is 39.7. The van der Waals surface area contributed by atoms with E-state index in [2.05, 4.69) is 0 Å². The zero-order valence-corrected chi connectivity index (χ0v) is 24.3. The van der Waals surface area contributed by atoms with Gasteiger partial charge in [-0.2, -0.15) is 0 Å². The van der Waals surface area contributed by atoms with E-state index in [1.54, 1.807) is 6.92 Å². The number of carbonyl (C=O) groups is 1. The second kappa shape index (κ2) is 15.8. The minimum Gasteiger partial charge on any atom is -0.394 e. The fourth-order valence-corrected chi connectivity index (χ4v) is 7.41. The van der Waals surface area contributed by atoms with Crippen LogP contribution in [0, 0.1) is 23.7 Å². The van der Waals surface area contributed by atoms with Gasteiger partial charge in [-0.05, 0) is 43.9 Å². The quantitative estimate of drug-likeness (QED) is 0.180. The molecule has 2 heterocycles. The first-order valence-electron chi connectivity index (χ1n) is 15.8. The Balaban J connectivity index is 1.28. The molecule has 11 heteroatoms. The highest BCUT2D eigenvalue weighted by Crippen LogP contribution is 2.41. The minimum absolute atomic E-state index is 0.120. The Morgan fingerprint density at radius 2 is 1.29 bits per heavy atom. The van der Waals surface area contributed by atoms with E-state index in [4.69, 9.17) is 18.9 Å². The van der Waals surface area contributed by atoms with E-state index in [1.807, 2.05) is 0 Å². The third kappa shape index (κ3) is 8.06. The van der Waals surface area contributed by atoms with Crippen molar-refractivity contribution in [2.45, 2.75) is 139 Å². The summed E-state index contributed by atoms with van der Waals surface area (Å²) in [7, 11) is 0. The molecule has 2 aliphatic carbocycles. The zero-order valence-electron chi connectivity index (χ0n) is 24.3. The van der Waals surface area contributed by atoms with Crippen LogP contribution >= 0.6 is 0 Å². The van der Waals surface area contributed by atoms with Crippen LogP contribution in [-0.4, -0.2) is 112 Å². The van der Waals surface area contributed by atoms with Crippen molar-refractivity contribution in [3.05, 3.63) is 0 Å². The maximum Gasteiger partial charge on any atom is 0.187 e. The third-order valence-corrected chi connectivity index (χ3v) is 9.89. The van der Waals surface area contributed by atoms with Gasteiger partial charge < -0.3 is 49.6 Å². The number of aliphatic hydroxyl groups excluding tert-OH is 6. The molecule has 10 atom stereocenters. The summed E-state index contributed by atoms with van der Waals surface area (Å²) in [5.74, 6) is 0.819. The predicted molar refractivity (Wildman–Crippen MR) is 146 cm³/mol. The van der Waals surface area contributed by atoms with E-state index in [1.165, 1.54) is 38.5 Å². The molecule has 0 aromatic carbocycles. The average Bonchev–Trinajstić information content (AvgIpc) is 2.99. The second-order valence-electron chi connectivity index (χ2n) is 12.6. The second-order valence-corrected chi connectivity index (χ2v) is 12.6. The van der Waals surface area contributed by atoms with Crippen molar-refractivity contribution in [3.63, 3.8) is 0 Å². The highest BCUT2D eigenvalue weighted by molar-refractivity contribution is 5.81. The Bertz CT molecular complexity index is 764. The van der Waals surface area contributed by atoms with Crippen molar-refractivity contribution in [2.24, 2.45) is 23.7 Å².